The van der Waals surface area contributed by atoms with Crippen molar-refractivity contribution in [2.45, 2.75) is 20.8 Å². The Kier molecular flexibility index (Phi) is 5.58. The van der Waals surface area contributed by atoms with Gasteiger partial charge in [-0.05, 0) is 20.8 Å². The van der Waals surface area contributed by atoms with Crippen LogP contribution in [0.15, 0.2) is 0 Å². The van der Waals surface area contributed by atoms with Gasteiger partial charge in [-0.15, -0.1) is 0 Å². The van der Waals surface area contributed by atoms with Gasteiger partial charge in [-0.2, -0.15) is 8.42 Å². The highest BCUT2D eigenvalue weighted by Gasteiger charge is 2.21. The molecule has 0 aromatic rings. The molecule has 0 atom stereocenters. The van der Waals surface area contributed by atoms with Crippen molar-refractivity contribution in [1.29, 1.82) is 0 Å². The van der Waals surface area contributed by atoms with Gasteiger partial charge in [0.2, 0.25) is 0 Å². The van der Waals surface area contributed by atoms with Crippen LogP contribution in [-0.4, -0.2) is 50.2 Å². The van der Waals surface area contributed by atoms with Crippen molar-refractivity contribution >= 4 is 10.4 Å². The smallest absolute Gasteiger partial charge is 0.322 e. The maximum atomic E-state index is 10.3. The van der Waals surface area contributed by atoms with Crippen LogP contribution in [0.5, 0.6) is 0 Å². The van der Waals surface area contributed by atoms with E-state index in [1.165, 1.54) is 0 Å². The van der Waals surface area contributed by atoms with E-state index in [4.69, 9.17) is 4.55 Å². The molecule has 0 saturated carbocycles. The fourth-order valence-corrected chi connectivity index (χ4v) is 1.77. The zero-order chi connectivity index (χ0) is 11.2. The maximum absolute atomic E-state index is 10.3. The zero-order valence-electron chi connectivity index (χ0n) is 9.06. The highest BCUT2D eigenvalue weighted by molar-refractivity contribution is 7.80. The molecule has 0 saturated heterocycles. The van der Waals surface area contributed by atoms with Crippen molar-refractivity contribution in [2.24, 2.45) is 0 Å². The predicted octanol–water partition coefficient (Wildman–Crippen LogP) is 0.682. The lowest BCUT2D eigenvalue weighted by atomic mass is 10.3. The Labute approximate surface area is 86.2 Å². The second-order valence-electron chi connectivity index (χ2n) is 3.26. The van der Waals surface area contributed by atoms with Gasteiger partial charge in [-0.3, -0.25) is 4.55 Å². The van der Waals surface area contributed by atoms with E-state index >= 15 is 0 Å². The molecule has 0 unspecified atom stereocenters. The van der Waals surface area contributed by atoms with Crippen LogP contribution in [0.3, 0.4) is 0 Å². The van der Waals surface area contributed by atoms with E-state index in [-0.39, 0.29) is 6.61 Å². The van der Waals surface area contributed by atoms with Crippen LogP contribution < -0.4 is 0 Å². The average molecular weight is 226 g/mol. The minimum absolute atomic E-state index is 0.0361. The fraction of sp³-hybridized carbons (Fsp3) is 1.00. The SMILES string of the molecule is CC[N+](CC)(CC)CCOS(=O)(=O)O. The lowest BCUT2D eigenvalue weighted by Crippen LogP contribution is -2.49. The molecule has 0 aromatic carbocycles. The van der Waals surface area contributed by atoms with E-state index in [9.17, 15) is 8.42 Å². The molecule has 5 nitrogen and oxygen atoms in total. The number of likely N-dealkylation sites (N-methyl/N-ethyl adjacent to an activating group) is 1. The summed E-state index contributed by atoms with van der Waals surface area (Å²) in [7, 11) is -4.28. The van der Waals surface area contributed by atoms with Crippen LogP contribution >= 0.6 is 0 Å². The largest absolute Gasteiger partial charge is 0.397 e. The Morgan fingerprint density at radius 3 is 1.86 bits per heavy atom. The number of hydrogen-bond acceptors (Lipinski definition) is 3. The van der Waals surface area contributed by atoms with Gasteiger partial charge in [0, 0.05) is 0 Å². The van der Waals surface area contributed by atoms with Crippen LogP contribution in [0.25, 0.3) is 0 Å². The van der Waals surface area contributed by atoms with Gasteiger partial charge in [0.05, 0.1) is 19.6 Å². The van der Waals surface area contributed by atoms with Crippen molar-refractivity contribution in [1.82, 2.24) is 0 Å². The molecule has 0 amide bonds. The highest BCUT2D eigenvalue weighted by atomic mass is 32.3. The average Bonchev–Trinajstić information content (AvgIpc) is 2.11. The molecule has 0 heterocycles. The van der Waals surface area contributed by atoms with E-state index in [1.54, 1.807) is 0 Å². The fourth-order valence-electron chi connectivity index (χ4n) is 1.48. The monoisotopic (exact) mass is 226 g/mol. The quantitative estimate of drug-likeness (QED) is 0.512. The van der Waals surface area contributed by atoms with E-state index in [0.29, 0.717) is 6.54 Å². The van der Waals surface area contributed by atoms with Crippen molar-refractivity contribution < 1.29 is 21.6 Å². The van der Waals surface area contributed by atoms with E-state index in [2.05, 4.69) is 25.0 Å². The lowest BCUT2D eigenvalue weighted by Gasteiger charge is -2.35. The predicted molar refractivity (Wildman–Crippen MR) is 54.3 cm³/mol. The minimum Gasteiger partial charge on any atom is -0.322 e. The summed E-state index contributed by atoms with van der Waals surface area (Å²) in [6, 6.07) is 0. The summed E-state index contributed by atoms with van der Waals surface area (Å²) in [5.74, 6) is 0. The number of quaternary nitrogens is 1. The Bertz CT molecular complexity index is 238. The summed E-state index contributed by atoms with van der Waals surface area (Å²) in [4.78, 5) is 0. The van der Waals surface area contributed by atoms with Crippen molar-refractivity contribution in [3.63, 3.8) is 0 Å². The first kappa shape index (κ1) is 13.8. The molecule has 6 heteroatoms. The van der Waals surface area contributed by atoms with Crippen LogP contribution in [-0.2, 0) is 14.6 Å². The number of hydrogen-bond donors (Lipinski definition) is 1. The first-order valence-electron chi connectivity index (χ1n) is 4.86. The first-order valence-corrected chi connectivity index (χ1v) is 6.22. The van der Waals surface area contributed by atoms with E-state index in [0.717, 1.165) is 24.1 Å². The third-order valence-electron chi connectivity index (χ3n) is 2.81. The molecule has 0 bridgehead atoms. The minimum atomic E-state index is -4.28. The number of rotatable bonds is 7. The van der Waals surface area contributed by atoms with Gasteiger partial charge in [-0.1, -0.05) is 0 Å². The second kappa shape index (κ2) is 5.65. The topological polar surface area (TPSA) is 63.6 Å². The molecule has 0 aliphatic heterocycles. The third-order valence-corrected chi connectivity index (χ3v) is 3.27. The normalized spacial score (nSPS) is 13.1. The molecule has 86 valence electrons. The highest BCUT2D eigenvalue weighted by Crippen LogP contribution is 2.05. The van der Waals surface area contributed by atoms with Gasteiger partial charge >= 0.3 is 10.4 Å². The Balaban J connectivity index is 4.08. The van der Waals surface area contributed by atoms with Crippen molar-refractivity contribution in [2.75, 3.05) is 32.8 Å². The molecular formula is C8H20NO4S+. The van der Waals surface area contributed by atoms with Crippen LogP contribution in [0.1, 0.15) is 20.8 Å². The van der Waals surface area contributed by atoms with Gasteiger partial charge < -0.3 is 4.48 Å². The zero-order valence-corrected chi connectivity index (χ0v) is 9.88. The third kappa shape index (κ3) is 4.90. The van der Waals surface area contributed by atoms with Gasteiger partial charge in [-0.25, -0.2) is 4.18 Å². The first-order chi connectivity index (χ1) is 6.39. The molecule has 0 aliphatic rings. The molecule has 0 rings (SSSR count). The maximum Gasteiger partial charge on any atom is 0.397 e. The molecular weight excluding hydrogens is 206 g/mol. The van der Waals surface area contributed by atoms with Gasteiger partial charge in [0.25, 0.3) is 0 Å². The molecule has 1 N–H and O–H groups in total. The Hall–Kier alpha value is -0.170. The summed E-state index contributed by atoms with van der Waals surface area (Å²) in [6.07, 6.45) is 0. The van der Waals surface area contributed by atoms with Gasteiger partial charge in [0.15, 0.2) is 0 Å². The molecule has 0 fully saturated rings. The van der Waals surface area contributed by atoms with Crippen molar-refractivity contribution in [3.8, 4) is 0 Å². The number of nitrogens with zero attached hydrogens (tertiary/aromatic N) is 1. The van der Waals surface area contributed by atoms with E-state index < -0.39 is 10.4 Å². The standard InChI is InChI=1S/C8H19NO4S/c1-4-9(5-2,6-3)7-8-13-14(10,11)12/h4-8H2,1-3H3/p+1. The summed E-state index contributed by atoms with van der Waals surface area (Å²) < 4.78 is 34.1. The second-order valence-corrected chi connectivity index (χ2v) is 4.35. The molecule has 0 aliphatic carbocycles. The summed E-state index contributed by atoms with van der Waals surface area (Å²) in [6.45, 7) is 9.60. The van der Waals surface area contributed by atoms with Crippen molar-refractivity contribution in [3.05, 3.63) is 0 Å². The van der Waals surface area contributed by atoms with E-state index in [1.807, 2.05) is 0 Å². The molecule has 0 spiro atoms. The summed E-state index contributed by atoms with van der Waals surface area (Å²) in [5, 5.41) is 0. The Morgan fingerprint density at radius 2 is 1.57 bits per heavy atom. The van der Waals surface area contributed by atoms with Crippen LogP contribution in [0.2, 0.25) is 0 Å². The van der Waals surface area contributed by atoms with Crippen LogP contribution in [0, 0.1) is 0 Å². The molecule has 14 heavy (non-hydrogen) atoms. The summed E-state index contributed by atoms with van der Waals surface area (Å²) in [5.41, 5.74) is 0. The van der Waals surface area contributed by atoms with Crippen LogP contribution in [0.4, 0.5) is 0 Å². The molecule has 0 radical (unpaired) electrons. The molecule has 0 aromatic heterocycles. The Morgan fingerprint density at radius 1 is 1.14 bits per heavy atom. The summed E-state index contributed by atoms with van der Waals surface area (Å²) >= 11 is 0. The lowest BCUT2D eigenvalue weighted by molar-refractivity contribution is -0.923. The van der Waals surface area contributed by atoms with Gasteiger partial charge in [0.1, 0.15) is 13.2 Å².